The highest BCUT2D eigenvalue weighted by molar-refractivity contribution is 5.72. The summed E-state index contributed by atoms with van der Waals surface area (Å²) in [5.41, 5.74) is 6.08. The van der Waals surface area contributed by atoms with Crippen molar-refractivity contribution in [1.82, 2.24) is 0 Å². The molecule has 3 nitrogen and oxygen atoms in total. The predicted octanol–water partition coefficient (Wildman–Crippen LogP) is 3.89. The van der Waals surface area contributed by atoms with E-state index in [1.54, 1.807) is 5.01 Å². The molecule has 21 heavy (non-hydrogen) atoms. The number of benzene rings is 2. The molecule has 0 saturated heterocycles. The second kappa shape index (κ2) is 6.64. The molecule has 0 unspecified atom stereocenters. The van der Waals surface area contributed by atoms with Gasteiger partial charge >= 0.3 is 0 Å². The van der Waals surface area contributed by atoms with Crippen molar-refractivity contribution < 1.29 is 0 Å². The molecule has 0 bridgehead atoms. The topological polar surface area (TPSA) is 32.5 Å². The molecule has 0 spiro atoms. The lowest BCUT2D eigenvalue weighted by atomic mass is 9.97. The maximum absolute atomic E-state index is 6.36. The Bertz CT molecular complexity index is 591. The standard InChI is InChI=1S/C18H25N3/c1-5-15-16(6-2)18(13-12-17(15)20(3)4)21(19)14-10-8-7-9-11-14/h7-13H,5-6,19H2,1-4H3. The first-order valence-corrected chi connectivity index (χ1v) is 7.52. The monoisotopic (exact) mass is 283 g/mol. The highest BCUT2D eigenvalue weighted by Gasteiger charge is 2.15. The maximum Gasteiger partial charge on any atom is 0.0611 e. The van der Waals surface area contributed by atoms with Crippen LogP contribution in [0.5, 0.6) is 0 Å². The van der Waals surface area contributed by atoms with Crippen molar-refractivity contribution in [2.45, 2.75) is 26.7 Å². The third-order valence-corrected chi connectivity index (χ3v) is 3.86. The second-order valence-corrected chi connectivity index (χ2v) is 5.37. The number of para-hydroxylation sites is 1. The predicted molar refractivity (Wildman–Crippen MR) is 92.3 cm³/mol. The summed E-state index contributed by atoms with van der Waals surface area (Å²) in [6.07, 6.45) is 1.98. The van der Waals surface area contributed by atoms with E-state index in [0.717, 1.165) is 24.2 Å². The Labute approximate surface area is 128 Å². The van der Waals surface area contributed by atoms with Crippen molar-refractivity contribution in [1.29, 1.82) is 0 Å². The zero-order valence-electron chi connectivity index (χ0n) is 13.4. The molecule has 0 radical (unpaired) electrons. The Balaban J connectivity index is 2.54. The maximum atomic E-state index is 6.36. The van der Waals surface area contributed by atoms with Crippen molar-refractivity contribution in [3.63, 3.8) is 0 Å². The Kier molecular flexibility index (Phi) is 4.86. The van der Waals surface area contributed by atoms with Crippen LogP contribution in [0.25, 0.3) is 0 Å². The summed E-state index contributed by atoms with van der Waals surface area (Å²) in [7, 11) is 4.18. The van der Waals surface area contributed by atoms with Gasteiger partial charge in [0.15, 0.2) is 0 Å². The van der Waals surface area contributed by atoms with Gasteiger partial charge in [-0.1, -0.05) is 32.0 Å². The van der Waals surface area contributed by atoms with Gasteiger partial charge in [-0.2, -0.15) is 0 Å². The summed E-state index contributed by atoms with van der Waals surface area (Å²) in [4.78, 5) is 2.17. The van der Waals surface area contributed by atoms with E-state index in [9.17, 15) is 0 Å². The zero-order valence-corrected chi connectivity index (χ0v) is 13.4. The summed E-state index contributed by atoms with van der Waals surface area (Å²) >= 11 is 0. The highest BCUT2D eigenvalue weighted by Crippen LogP contribution is 2.33. The lowest BCUT2D eigenvalue weighted by Crippen LogP contribution is -2.27. The fourth-order valence-corrected chi connectivity index (χ4v) is 2.83. The minimum Gasteiger partial charge on any atom is -0.377 e. The molecule has 0 aliphatic rings. The van der Waals surface area contributed by atoms with Crippen LogP contribution in [0.3, 0.4) is 0 Å². The molecule has 0 aliphatic heterocycles. The lowest BCUT2D eigenvalue weighted by molar-refractivity contribution is 0.976. The molecule has 0 aliphatic carbocycles. The average Bonchev–Trinajstić information content (AvgIpc) is 2.53. The van der Waals surface area contributed by atoms with Gasteiger partial charge in [0.25, 0.3) is 0 Å². The van der Waals surface area contributed by atoms with Crippen LogP contribution in [-0.4, -0.2) is 14.1 Å². The number of hydrazine groups is 1. The smallest absolute Gasteiger partial charge is 0.0611 e. The van der Waals surface area contributed by atoms with E-state index in [0.29, 0.717) is 0 Å². The first-order chi connectivity index (χ1) is 10.1. The van der Waals surface area contributed by atoms with Crippen LogP contribution in [0.2, 0.25) is 0 Å². The number of anilines is 3. The minimum absolute atomic E-state index is 0.973. The van der Waals surface area contributed by atoms with Crippen molar-refractivity contribution in [2.75, 3.05) is 24.0 Å². The van der Waals surface area contributed by atoms with Gasteiger partial charge in [-0.15, -0.1) is 0 Å². The van der Waals surface area contributed by atoms with Crippen LogP contribution in [0, 0.1) is 0 Å². The van der Waals surface area contributed by atoms with Crippen molar-refractivity contribution in [2.24, 2.45) is 5.84 Å². The van der Waals surface area contributed by atoms with Crippen LogP contribution in [-0.2, 0) is 12.8 Å². The summed E-state index contributed by atoms with van der Waals surface area (Å²) in [5.74, 6) is 6.36. The van der Waals surface area contributed by atoms with E-state index in [-0.39, 0.29) is 0 Å². The molecule has 112 valence electrons. The van der Waals surface area contributed by atoms with Gasteiger partial charge in [-0.25, -0.2) is 5.84 Å². The highest BCUT2D eigenvalue weighted by atomic mass is 15.4. The number of rotatable bonds is 5. The van der Waals surface area contributed by atoms with E-state index >= 15 is 0 Å². The fourth-order valence-electron chi connectivity index (χ4n) is 2.83. The molecule has 0 fully saturated rings. The Hall–Kier alpha value is -2.00. The van der Waals surface area contributed by atoms with Crippen LogP contribution < -0.4 is 15.8 Å². The number of hydrogen-bond acceptors (Lipinski definition) is 3. The van der Waals surface area contributed by atoms with Crippen LogP contribution >= 0.6 is 0 Å². The summed E-state index contributed by atoms with van der Waals surface area (Å²) in [5, 5.41) is 1.79. The summed E-state index contributed by atoms with van der Waals surface area (Å²) in [6.45, 7) is 4.39. The van der Waals surface area contributed by atoms with Gasteiger partial charge in [0.1, 0.15) is 0 Å². The molecule has 0 heterocycles. The average molecular weight is 283 g/mol. The number of nitrogens with two attached hydrogens (primary N) is 1. The Morgan fingerprint density at radius 1 is 0.810 bits per heavy atom. The first-order valence-electron chi connectivity index (χ1n) is 7.52. The fraction of sp³-hybridized carbons (Fsp3) is 0.333. The van der Waals surface area contributed by atoms with E-state index < -0.39 is 0 Å². The molecular weight excluding hydrogens is 258 g/mol. The molecular formula is C18H25N3. The van der Waals surface area contributed by atoms with E-state index in [1.807, 2.05) is 30.3 Å². The van der Waals surface area contributed by atoms with Gasteiger partial charge in [-0.05, 0) is 48.2 Å². The lowest BCUT2D eigenvalue weighted by Gasteiger charge is -2.27. The Morgan fingerprint density at radius 3 is 1.86 bits per heavy atom. The van der Waals surface area contributed by atoms with Crippen LogP contribution in [0.15, 0.2) is 42.5 Å². The van der Waals surface area contributed by atoms with Gasteiger partial charge in [0.2, 0.25) is 0 Å². The van der Waals surface area contributed by atoms with Crippen molar-refractivity contribution >= 4 is 17.1 Å². The molecule has 2 aromatic carbocycles. The van der Waals surface area contributed by atoms with Crippen LogP contribution in [0.4, 0.5) is 17.1 Å². The third-order valence-electron chi connectivity index (χ3n) is 3.86. The summed E-state index contributed by atoms with van der Waals surface area (Å²) < 4.78 is 0. The van der Waals surface area contributed by atoms with Gasteiger partial charge in [0.05, 0.1) is 11.4 Å². The molecule has 2 N–H and O–H groups in total. The van der Waals surface area contributed by atoms with E-state index in [1.165, 1.54) is 16.8 Å². The Morgan fingerprint density at radius 2 is 1.33 bits per heavy atom. The molecule has 2 rings (SSSR count). The molecule has 0 aromatic heterocycles. The minimum atomic E-state index is 0.973. The van der Waals surface area contributed by atoms with Crippen LogP contribution in [0.1, 0.15) is 25.0 Å². The van der Waals surface area contributed by atoms with Gasteiger partial charge in [0, 0.05) is 19.8 Å². The largest absolute Gasteiger partial charge is 0.377 e. The normalized spacial score (nSPS) is 10.5. The SMILES string of the molecule is CCc1c(N(C)C)ccc(N(N)c2ccccc2)c1CC. The quantitative estimate of drug-likeness (QED) is 0.667. The number of hydrogen-bond donors (Lipinski definition) is 1. The third kappa shape index (κ3) is 3.03. The van der Waals surface area contributed by atoms with Crippen molar-refractivity contribution in [3.8, 4) is 0 Å². The van der Waals surface area contributed by atoms with Gasteiger partial charge < -0.3 is 4.90 Å². The zero-order chi connectivity index (χ0) is 15.4. The van der Waals surface area contributed by atoms with E-state index in [4.69, 9.17) is 5.84 Å². The second-order valence-electron chi connectivity index (χ2n) is 5.37. The first kappa shape index (κ1) is 15.4. The molecule has 3 heteroatoms. The molecule has 0 saturated carbocycles. The van der Waals surface area contributed by atoms with Gasteiger partial charge in [-0.3, -0.25) is 5.01 Å². The van der Waals surface area contributed by atoms with E-state index in [2.05, 4.69) is 45.0 Å². The summed E-state index contributed by atoms with van der Waals surface area (Å²) in [6, 6.07) is 14.4. The molecule has 2 aromatic rings. The molecule has 0 atom stereocenters. The molecule has 0 amide bonds. The number of nitrogens with zero attached hydrogens (tertiary/aromatic N) is 2. The van der Waals surface area contributed by atoms with Crippen molar-refractivity contribution in [3.05, 3.63) is 53.6 Å².